The third kappa shape index (κ3) is 5.09. The maximum absolute atomic E-state index is 15.0. The zero-order valence-corrected chi connectivity index (χ0v) is 23.7. The SMILES string of the molecule is BCC(=O)N1[C@H](C)CN(c2nc(=O)n3c4c(c(-c5ccc(F)cc5F)c(C(F)(F)F)cc24)SC[C@@H]3COC)C[C@@H]1C. The quantitative estimate of drug-likeness (QED) is 0.327. The first-order chi connectivity index (χ1) is 19.4. The maximum Gasteiger partial charge on any atom is 0.417 e. The predicted molar refractivity (Wildman–Crippen MR) is 149 cm³/mol. The highest BCUT2D eigenvalue weighted by Gasteiger charge is 2.41. The summed E-state index contributed by atoms with van der Waals surface area (Å²) in [7, 11) is 3.22. The van der Waals surface area contributed by atoms with Crippen LogP contribution < -0.4 is 10.6 Å². The largest absolute Gasteiger partial charge is 0.417 e. The lowest BCUT2D eigenvalue weighted by Gasteiger charge is -2.45. The van der Waals surface area contributed by atoms with Crippen LogP contribution in [-0.2, 0) is 15.7 Å². The van der Waals surface area contributed by atoms with Crippen molar-refractivity contribution in [3.05, 3.63) is 51.9 Å². The number of anilines is 1. The maximum atomic E-state index is 15.0. The van der Waals surface area contributed by atoms with Crippen molar-refractivity contribution in [3.8, 4) is 11.1 Å². The number of halogens is 5. The van der Waals surface area contributed by atoms with E-state index in [1.54, 1.807) is 17.6 Å². The first-order valence-electron chi connectivity index (χ1n) is 13.2. The average Bonchev–Trinajstić information content (AvgIpc) is 2.90. The van der Waals surface area contributed by atoms with Gasteiger partial charge in [0.05, 0.1) is 23.7 Å². The molecule has 0 aliphatic carbocycles. The Morgan fingerprint density at radius 2 is 1.85 bits per heavy atom. The molecule has 41 heavy (non-hydrogen) atoms. The summed E-state index contributed by atoms with van der Waals surface area (Å²) in [5.74, 6) is -1.86. The molecule has 0 radical (unpaired) electrons. The summed E-state index contributed by atoms with van der Waals surface area (Å²) >= 11 is 1.07. The molecule has 2 aliphatic heterocycles. The van der Waals surface area contributed by atoms with Crippen LogP contribution in [0.5, 0.6) is 0 Å². The van der Waals surface area contributed by atoms with Crippen LogP contribution in [0.3, 0.4) is 0 Å². The molecule has 0 bridgehead atoms. The van der Waals surface area contributed by atoms with Gasteiger partial charge in [0.25, 0.3) is 0 Å². The van der Waals surface area contributed by atoms with E-state index in [0.717, 1.165) is 30.0 Å². The van der Waals surface area contributed by atoms with Crippen LogP contribution in [0.2, 0.25) is 6.32 Å². The standard InChI is InChI=1S/C27H28BF5N4O3S/c1-13-9-35(10-14(2)36(13)21(38)8-28)25-18-7-19(27(31,32)33)22(17-5-4-15(29)6-20(17)30)24-23(18)37(26(39)34-25)16(11-40-3)12-41-24/h4-7,13-14,16H,8-12,28H2,1-3H3/t13-,14+,16-/m0/s1. The molecule has 3 atom stereocenters. The van der Waals surface area contributed by atoms with Gasteiger partial charge in [0.2, 0.25) is 5.91 Å². The highest BCUT2D eigenvalue weighted by molar-refractivity contribution is 7.99. The van der Waals surface area contributed by atoms with Crippen LogP contribution in [-0.4, -0.2) is 72.8 Å². The lowest BCUT2D eigenvalue weighted by atomic mass is 9.95. The van der Waals surface area contributed by atoms with E-state index in [1.165, 1.54) is 11.7 Å². The fraction of sp³-hybridized carbons (Fsp3) is 0.444. The van der Waals surface area contributed by atoms with E-state index in [1.807, 2.05) is 13.8 Å². The van der Waals surface area contributed by atoms with Crippen LogP contribution in [0, 0.1) is 11.6 Å². The number of amides is 1. The summed E-state index contributed by atoms with van der Waals surface area (Å²) in [6.07, 6.45) is -4.60. The van der Waals surface area contributed by atoms with Gasteiger partial charge in [0.15, 0.2) is 0 Å². The van der Waals surface area contributed by atoms with Crippen molar-refractivity contribution in [2.75, 3.05) is 37.5 Å². The smallest absolute Gasteiger partial charge is 0.383 e. The second-order valence-electron chi connectivity index (χ2n) is 10.4. The minimum atomic E-state index is -4.91. The van der Waals surface area contributed by atoms with Gasteiger partial charge >= 0.3 is 11.9 Å². The molecule has 3 heterocycles. The number of rotatable bonds is 5. The minimum absolute atomic E-state index is 0.0429. The number of hydrogen-bond donors (Lipinski definition) is 0. The molecule has 5 rings (SSSR count). The monoisotopic (exact) mass is 594 g/mol. The molecule has 218 valence electrons. The van der Waals surface area contributed by atoms with E-state index in [0.29, 0.717) is 12.4 Å². The third-order valence-corrected chi connectivity index (χ3v) is 8.84. The molecule has 0 unspecified atom stereocenters. The van der Waals surface area contributed by atoms with E-state index in [2.05, 4.69) is 4.98 Å². The minimum Gasteiger partial charge on any atom is -0.383 e. The number of methoxy groups -OCH3 is 1. The van der Waals surface area contributed by atoms with E-state index in [-0.39, 0.29) is 65.1 Å². The van der Waals surface area contributed by atoms with Gasteiger partial charge in [-0.1, -0.05) is 0 Å². The number of aromatic nitrogens is 2. The van der Waals surface area contributed by atoms with Crippen molar-refractivity contribution >= 4 is 42.2 Å². The van der Waals surface area contributed by atoms with Gasteiger partial charge in [-0.15, -0.1) is 11.8 Å². The molecule has 14 heteroatoms. The second-order valence-corrected chi connectivity index (χ2v) is 11.4. The molecule has 1 aromatic heterocycles. The zero-order chi connectivity index (χ0) is 29.8. The van der Waals surface area contributed by atoms with Crippen molar-refractivity contribution in [2.45, 2.75) is 49.4 Å². The van der Waals surface area contributed by atoms with Gasteiger partial charge < -0.3 is 14.5 Å². The second kappa shape index (κ2) is 10.9. The Kier molecular flexibility index (Phi) is 7.83. The molecule has 1 amide bonds. The number of nitrogens with zero attached hydrogens (tertiary/aromatic N) is 4. The molecule has 7 nitrogen and oxygen atoms in total. The fourth-order valence-corrected chi connectivity index (χ4v) is 7.31. The van der Waals surface area contributed by atoms with Gasteiger partial charge in [-0.2, -0.15) is 18.2 Å². The van der Waals surface area contributed by atoms with E-state index >= 15 is 4.39 Å². The number of benzene rings is 2. The summed E-state index contributed by atoms with van der Waals surface area (Å²) in [5, 5.41) is 0.0844. The first-order valence-corrected chi connectivity index (χ1v) is 14.2. The van der Waals surface area contributed by atoms with Gasteiger partial charge in [0.1, 0.15) is 25.3 Å². The molecule has 0 spiro atoms. The lowest BCUT2D eigenvalue weighted by Crippen LogP contribution is -2.59. The average molecular weight is 594 g/mol. The van der Waals surface area contributed by atoms with E-state index in [4.69, 9.17) is 4.74 Å². The summed E-state index contributed by atoms with van der Waals surface area (Å²) < 4.78 is 79.5. The van der Waals surface area contributed by atoms with Crippen LogP contribution in [0.25, 0.3) is 22.0 Å². The third-order valence-electron chi connectivity index (χ3n) is 7.60. The van der Waals surface area contributed by atoms with Gasteiger partial charge in [-0.3, -0.25) is 9.36 Å². The van der Waals surface area contributed by atoms with Gasteiger partial charge in [-0.05, 0) is 38.4 Å². The molecule has 0 saturated carbocycles. The molecule has 0 N–H and O–H groups in total. The lowest BCUT2D eigenvalue weighted by molar-refractivity contribution is -0.137. The Balaban J connectivity index is 1.83. The molecule has 1 fully saturated rings. The Hall–Kier alpha value is -3.13. The van der Waals surface area contributed by atoms with Crippen LogP contribution >= 0.6 is 11.8 Å². The van der Waals surface area contributed by atoms with Crippen molar-refractivity contribution in [1.82, 2.24) is 14.5 Å². The number of piperazine rings is 1. The summed E-state index contributed by atoms with van der Waals surface area (Å²) in [6.45, 7) is 4.29. The van der Waals surface area contributed by atoms with Crippen molar-refractivity contribution < 1.29 is 31.5 Å². The normalized spacial score (nSPS) is 21.0. The molecule has 2 aromatic carbocycles. The Labute approximate surface area is 238 Å². The number of alkyl halides is 3. The Bertz CT molecular complexity index is 1570. The number of thioether (sulfide) groups is 1. The number of hydrogen-bond acceptors (Lipinski definition) is 6. The summed E-state index contributed by atoms with van der Waals surface area (Å²) in [4.78, 5) is 34.0. The van der Waals surface area contributed by atoms with Gasteiger partial charge in [0, 0.05) is 65.5 Å². The fourth-order valence-electron chi connectivity index (χ4n) is 6.00. The highest BCUT2D eigenvalue weighted by Crippen LogP contribution is 2.50. The molecule has 1 saturated heterocycles. The number of ether oxygens (including phenoxy) is 1. The van der Waals surface area contributed by atoms with E-state index < -0.39 is 46.2 Å². The first kappa shape index (κ1) is 29.4. The Morgan fingerprint density at radius 1 is 1.17 bits per heavy atom. The number of carbonyl (C=O) groups is 1. The molecule has 2 aliphatic rings. The van der Waals surface area contributed by atoms with Gasteiger partial charge in [-0.25, -0.2) is 13.6 Å². The number of carbonyl (C=O) groups excluding carboxylic acids is 1. The zero-order valence-electron chi connectivity index (χ0n) is 22.9. The van der Waals surface area contributed by atoms with Crippen molar-refractivity contribution in [3.63, 3.8) is 0 Å². The highest BCUT2D eigenvalue weighted by atomic mass is 32.2. The van der Waals surface area contributed by atoms with Crippen LogP contribution in [0.1, 0.15) is 25.5 Å². The topological polar surface area (TPSA) is 67.7 Å². The molecular formula is C27H28BF5N4O3S. The molecular weight excluding hydrogens is 566 g/mol. The van der Waals surface area contributed by atoms with Crippen LogP contribution in [0.4, 0.5) is 27.8 Å². The van der Waals surface area contributed by atoms with Crippen molar-refractivity contribution in [2.24, 2.45) is 0 Å². The summed E-state index contributed by atoms with van der Waals surface area (Å²) in [5.41, 5.74) is -2.46. The molecule has 3 aromatic rings. The predicted octanol–water partition coefficient (Wildman–Crippen LogP) is 4.13. The van der Waals surface area contributed by atoms with Crippen molar-refractivity contribution in [1.29, 1.82) is 0 Å². The Morgan fingerprint density at radius 3 is 2.44 bits per heavy atom. The van der Waals surface area contributed by atoms with Crippen LogP contribution in [0.15, 0.2) is 34.0 Å². The van der Waals surface area contributed by atoms with E-state index in [9.17, 15) is 27.2 Å². The summed E-state index contributed by atoms with van der Waals surface area (Å²) in [6, 6.07) is 2.22.